The summed E-state index contributed by atoms with van der Waals surface area (Å²) in [5, 5.41) is 0. The van der Waals surface area contributed by atoms with Crippen LogP contribution in [0.5, 0.6) is 0 Å². The molecule has 1 aliphatic rings. The zero-order chi connectivity index (χ0) is 12.1. The van der Waals surface area contributed by atoms with E-state index in [0.29, 0.717) is 0 Å². The van der Waals surface area contributed by atoms with Crippen LogP contribution in [0.25, 0.3) is 0 Å². The van der Waals surface area contributed by atoms with Crippen LogP contribution in [-0.2, 0) is 6.54 Å². The summed E-state index contributed by atoms with van der Waals surface area (Å²) >= 11 is 0. The highest BCUT2D eigenvalue weighted by Crippen LogP contribution is 2.22. The van der Waals surface area contributed by atoms with Gasteiger partial charge in [-0.25, -0.2) is 0 Å². The van der Waals surface area contributed by atoms with Crippen LogP contribution in [0.15, 0.2) is 54.1 Å². The van der Waals surface area contributed by atoms with Crippen molar-refractivity contribution in [1.82, 2.24) is 4.90 Å². The Morgan fingerprint density at radius 1 is 1.24 bits per heavy atom. The molecule has 1 heteroatoms. The molecule has 1 heterocycles. The quantitative estimate of drug-likeness (QED) is 0.756. The van der Waals surface area contributed by atoms with Crippen molar-refractivity contribution in [3.8, 4) is 0 Å². The molecule has 1 saturated heterocycles. The van der Waals surface area contributed by atoms with Gasteiger partial charge in [0.25, 0.3) is 0 Å². The summed E-state index contributed by atoms with van der Waals surface area (Å²) in [6.07, 6.45) is 4.75. The third-order valence-corrected chi connectivity index (χ3v) is 3.19. The molecule has 0 bridgehead atoms. The van der Waals surface area contributed by atoms with Crippen molar-refractivity contribution in [2.75, 3.05) is 13.1 Å². The lowest BCUT2D eigenvalue weighted by Gasteiger charge is -2.13. The standard InChI is InChI=1S/C16H21N/c1-3-4-10-16-13-17(11-14(16)2)12-15-8-6-5-7-9-15/h5-10H,2-4,11-13H2,1H3/b16-10+. The number of allylic oxidation sites excluding steroid dienone is 1. The van der Waals surface area contributed by atoms with Gasteiger partial charge in [0.05, 0.1) is 0 Å². The molecule has 2 rings (SSSR count). The van der Waals surface area contributed by atoms with Crippen LogP contribution in [0.2, 0.25) is 0 Å². The highest BCUT2D eigenvalue weighted by Gasteiger charge is 2.19. The fourth-order valence-corrected chi connectivity index (χ4v) is 2.26. The predicted octanol–water partition coefficient (Wildman–Crippen LogP) is 3.78. The van der Waals surface area contributed by atoms with Gasteiger partial charge in [-0.15, -0.1) is 0 Å². The minimum atomic E-state index is 1.02. The first-order valence-electron chi connectivity index (χ1n) is 6.43. The second-order valence-corrected chi connectivity index (χ2v) is 4.75. The zero-order valence-electron chi connectivity index (χ0n) is 10.7. The summed E-state index contributed by atoms with van der Waals surface area (Å²) in [6, 6.07) is 10.7. The Hall–Kier alpha value is -1.34. The fraction of sp³-hybridized carbons (Fsp3) is 0.375. The first-order valence-corrected chi connectivity index (χ1v) is 6.43. The number of unbranched alkanes of at least 4 members (excludes halogenated alkanes) is 1. The zero-order valence-corrected chi connectivity index (χ0v) is 10.7. The van der Waals surface area contributed by atoms with Gasteiger partial charge in [-0.1, -0.05) is 56.3 Å². The number of benzene rings is 1. The van der Waals surface area contributed by atoms with Gasteiger partial charge < -0.3 is 0 Å². The van der Waals surface area contributed by atoms with Crippen molar-refractivity contribution >= 4 is 0 Å². The molecule has 0 aliphatic carbocycles. The van der Waals surface area contributed by atoms with Crippen LogP contribution in [0.1, 0.15) is 25.3 Å². The molecule has 0 unspecified atom stereocenters. The van der Waals surface area contributed by atoms with Gasteiger partial charge in [-0.2, -0.15) is 0 Å². The van der Waals surface area contributed by atoms with Gasteiger partial charge in [0.15, 0.2) is 0 Å². The summed E-state index contributed by atoms with van der Waals surface area (Å²) < 4.78 is 0. The molecule has 1 aromatic rings. The van der Waals surface area contributed by atoms with Crippen LogP contribution in [0.3, 0.4) is 0 Å². The molecule has 0 radical (unpaired) electrons. The lowest BCUT2D eigenvalue weighted by Crippen LogP contribution is -2.18. The Bertz CT molecular complexity index is 403. The molecule has 0 saturated carbocycles. The van der Waals surface area contributed by atoms with Gasteiger partial charge in [-0.05, 0) is 23.1 Å². The van der Waals surface area contributed by atoms with Crippen LogP contribution < -0.4 is 0 Å². The van der Waals surface area contributed by atoms with Crippen LogP contribution in [0, 0.1) is 0 Å². The Kier molecular flexibility index (Phi) is 4.16. The van der Waals surface area contributed by atoms with E-state index in [9.17, 15) is 0 Å². The SMILES string of the molecule is C=C1CN(Cc2ccccc2)C/C1=C\CCC. The predicted molar refractivity (Wildman–Crippen MR) is 73.9 cm³/mol. The first kappa shape index (κ1) is 12.1. The minimum absolute atomic E-state index is 1.02. The number of likely N-dealkylation sites (tertiary alicyclic amines) is 1. The molecule has 0 aromatic heterocycles. The molecule has 1 aromatic carbocycles. The van der Waals surface area contributed by atoms with Crippen molar-refractivity contribution < 1.29 is 0 Å². The Morgan fingerprint density at radius 2 is 2.00 bits per heavy atom. The molecular formula is C16H21N. The van der Waals surface area contributed by atoms with E-state index in [1.54, 1.807) is 0 Å². The topological polar surface area (TPSA) is 3.24 Å². The Morgan fingerprint density at radius 3 is 2.71 bits per heavy atom. The van der Waals surface area contributed by atoms with E-state index >= 15 is 0 Å². The van der Waals surface area contributed by atoms with Crippen molar-refractivity contribution in [2.45, 2.75) is 26.3 Å². The maximum atomic E-state index is 4.17. The van der Waals surface area contributed by atoms with E-state index in [0.717, 1.165) is 19.6 Å². The van der Waals surface area contributed by atoms with Gasteiger partial charge in [-0.3, -0.25) is 4.90 Å². The third kappa shape index (κ3) is 3.31. The van der Waals surface area contributed by atoms with Crippen LogP contribution in [-0.4, -0.2) is 18.0 Å². The van der Waals surface area contributed by atoms with Crippen molar-refractivity contribution in [1.29, 1.82) is 0 Å². The lowest BCUT2D eigenvalue weighted by atomic mass is 10.1. The monoisotopic (exact) mass is 227 g/mol. The Balaban J connectivity index is 1.95. The van der Waals surface area contributed by atoms with Gasteiger partial charge in [0, 0.05) is 19.6 Å². The molecule has 1 aliphatic heterocycles. The van der Waals surface area contributed by atoms with Gasteiger partial charge in [0.2, 0.25) is 0 Å². The summed E-state index contributed by atoms with van der Waals surface area (Å²) in [5.41, 5.74) is 4.13. The summed E-state index contributed by atoms with van der Waals surface area (Å²) in [6.45, 7) is 9.50. The van der Waals surface area contributed by atoms with Crippen molar-refractivity contribution in [3.63, 3.8) is 0 Å². The molecule has 0 spiro atoms. The fourth-order valence-electron chi connectivity index (χ4n) is 2.26. The van der Waals surface area contributed by atoms with Crippen molar-refractivity contribution in [3.05, 3.63) is 59.7 Å². The second-order valence-electron chi connectivity index (χ2n) is 4.75. The number of rotatable bonds is 4. The molecule has 0 atom stereocenters. The summed E-state index contributed by atoms with van der Waals surface area (Å²) in [4.78, 5) is 2.46. The number of hydrogen-bond acceptors (Lipinski definition) is 1. The molecule has 0 amide bonds. The molecule has 0 N–H and O–H groups in total. The Labute approximate surface area is 104 Å². The molecular weight excluding hydrogens is 206 g/mol. The first-order chi connectivity index (χ1) is 8.29. The highest BCUT2D eigenvalue weighted by atomic mass is 15.1. The molecule has 90 valence electrons. The molecule has 1 fully saturated rings. The average Bonchev–Trinajstić information content (AvgIpc) is 2.68. The van der Waals surface area contributed by atoms with Gasteiger partial charge >= 0.3 is 0 Å². The van der Waals surface area contributed by atoms with E-state index < -0.39 is 0 Å². The number of hydrogen-bond donors (Lipinski definition) is 0. The summed E-state index contributed by atoms with van der Waals surface area (Å²) in [7, 11) is 0. The van der Waals surface area contributed by atoms with Gasteiger partial charge in [0.1, 0.15) is 0 Å². The number of nitrogens with zero attached hydrogens (tertiary/aromatic N) is 1. The normalized spacial score (nSPS) is 19.1. The van der Waals surface area contributed by atoms with Crippen LogP contribution in [0.4, 0.5) is 0 Å². The smallest absolute Gasteiger partial charge is 0.0240 e. The second kappa shape index (κ2) is 5.83. The lowest BCUT2D eigenvalue weighted by molar-refractivity contribution is 0.347. The summed E-state index contributed by atoms with van der Waals surface area (Å²) in [5.74, 6) is 0. The van der Waals surface area contributed by atoms with E-state index in [4.69, 9.17) is 0 Å². The van der Waals surface area contributed by atoms with E-state index in [1.165, 1.54) is 29.6 Å². The maximum absolute atomic E-state index is 4.17. The van der Waals surface area contributed by atoms with Crippen LogP contribution >= 0.6 is 0 Å². The highest BCUT2D eigenvalue weighted by molar-refractivity contribution is 5.35. The minimum Gasteiger partial charge on any atom is -0.291 e. The van der Waals surface area contributed by atoms with E-state index in [1.807, 2.05) is 0 Å². The van der Waals surface area contributed by atoms with E-state index in [2.05, 4.69) is 54.8 Å². The maximum Gasteiger partial charge on any atom is 0.0240 e. The average molecular weight is 227 g/mol. The molecule has 17 heavy (non-hydrogen) atoms. The third-order valence-electron chi connectivity index (χ3n) is 3.19. The molecule has 1 nitrogen and oxygen atoms in total. The van der Waals surface area contributed by atoms with Crippen molar-refractivity contribution in [2.24, 2.45) is 0 Å². The van der Waals surface area contributed by atoms with E-state index in [-0.39, 0.29) is 0 Å². The largest absolute Gasteiger partial charge is 0.291 e.